The fraction of sp³-hybridized carbons (Fsp3) is 0. The van der Waals surface area contributed by atoms with Gasteiger partial charge in [0, 0.05) is 31.3 Å². The molecule has 0 radical (unpaired) electrons. The standard InChI is InChI=1S/C18H6/c1-2-8-14-13(7-1)15-9-3-4-11-17(15)18-12-6-5-10-16(14)18/h1-6H. The maximum absolute atomic E-state index is 3.27. The first kappa shape index (κ1) is 9.18. The summed E-state index contributed by atoms with van der Waals surface area (Å²) < 4.78 is 0. The van der Waals surface area contributed by atoms with Gasteiger partial charge < -0.3 is 0 Å². The van der Waals surface area contributed by atoms with Crippen molar-refractivity contribution < 1.29 is 0 Å². The highest BCUT2D eigenvalue weighted by Crippen LogP contribution is 1.73. The third-order valence-corrected chi connectivity index (χ3v) is 3.12. The molecule has 78 valence electrons. The van der Waals surface area contributed by atoms with Gasteiger partial charge in [-0.15, -0.1) is 34.4 Å². The highest BCUT2D eigenvalue weighted by atomic mass is 14.0. The van der Waals surface area contributed by atoms with Crippen molar-refractivity contribution in [1.29, 1.82) is 0 Å². The summed E-state index contributed by atoms with van der Waals surface area (Å²) >= 11 is 0. The minimum atomic E-state index is 1.02. The molecule has 4 rings (SSSR count). The van der Waals surface area contributed by atoms with Gasteiger partial charge in [-0.25, -0.2) is 0 Å². The van der Waals surface area contributed by atoms with E-state index in [2.05, 4.69) is 34.4 Å². The molecule has 0 heterocycles. The van der Waals surface area contributed by atoms with Crippen molar-refractivity contribution in [3.63, 3.8) is 0 Å². The SMILES string of the molecule is C1=CC=C=c2c=1c1c(c3c2=C=CC=C=3)=C=CC=C=1. The molecule has 0 unspecified atom stereocenters. The highest BCUT2D eigenvalue weighted by Gasteiger charge is 2.00. The summed E-state index contributed by atoms with van der Waals surface area (Å²) in [5, 5.41) is 6.13. The first-order chi connectivity index (χ1) is 8.95. The molecular formula is C18H6. The predicted molar refractivity (Wildman–Crippen MR) is 72.1 cm³/mol. The van der Waals surface area contributed by atoms with Crippen LogP contribution in [-0.4, -0.2) is 0 Å². The molecule has 0 heteroatoms. The van der Waals surface area contributed by atoms with E-state index in [1.165, 1.54) is 0 Å². The molecule has 0 nitrogen and oxygen atoms in total. The third kappa shape index (κ3) is 1.09. The Labute approximate surface area is 103 Å². The van der Waals surface area contributed by atoms with Crippen molar-refractivity contribution in [3.05, 3.63) is 67.8 Å². The molecule has 0 amide bonds. The zero-order chi connectivity index (χ0) is 11.9. The van der Waals surface area contributed by atoms with E-state index in [1.807, 2.05) is 36.5 Å². The lowest BCUT2D eigenvalue weighted by Crippen LogP contribution is -2.64. The van der Waals surface area contributed by atoms with Gasteiger partial charge in [-0.3, -0.25) is 0 Å². The van der Waals surface area contributed by atoms with Crippen LogP contribution in [0.5, 0.6) is 0 Å². The Morgan fingerprint density at radius 2 is 0.500 bits per heavy atom. The summed E-state index contributed by atoms with van der Waals surface area (Å²) in [4.78, 5) is 0. The molecular weight excluding hydrogens is 216 g/mol. The normalized spacial score (nSPS) is 14.0. The maximum atomic E-state index is 3.27. The van der Waals surface area contributed by atoms with Crippen LogP contribution in [0, 0.1) is 0 Å². The van der Waals surface area contributed by atoms with Crippen molar-refractivity contribution in [2.24, 2.45) is 0 Å². The molecule has 0 bridgehead atoms. The van der Waals surface area contributed by atoms with E-state index >= 15 is 0 Å². The molecule has 3 aliphatic carbocycles. The lowest BCUT2D eigenvalue weighted by Gasteiger charge is -1.96. The Balaban J connectivity index is 2.78. The summed E-state index contributed by atoms with van der Waals surface area (Å²) in [7, 11) is 0. The van der Waals surface area contributed by atoms with E-state index in [-0.39, 0.29) is 0 Å². The number of hydrogen-bond donors (Lipinski definition) is 0. The average Bonchev–Trinajstić information content (AvgIpc) is 2.48. The largest absolute Gasteiger partial charge is 0.110 e. The zero-order valence-corrected chi connectivity index (χ0v) is 9.46. The molecule has 0 aliphatic heterocycles. The van der Waals surface area contributed by atoms with Crippen LogP contribution in [0.25, 0.3) is 34.4 Å². The minimum absolute atomic E-state index is 1.02. The van der Waals surface area contributed by atoms with Gasteiger partial charge in [0.2, 0.25) is 0 Å². The van der Waals surface area contributed by atoms with Crippen molar-refractivity contribution in [2.75, 3.05) is 0 Å². The molecule has 1 aromatic carbocycles. The second-order valence-electron chi connectivity index (χ2n) is 4.12. The number of allylic oxidation sites excluding steroid dienone is 6. The Morgan fingerprint density at radius 3 is 0.667 bits per heavy atom. The van der Waals surface area contributed by atoms with E-state index < -0.39 is 0 Å². The molecule has 0 spiro atoms. The first-order valence-corrected chi connectivity index (χ1v) is 5.73. The monoisotopic (exact) mass is 222 g/mol. The van der Waals surface area contributed by atoms with Gasteiger partial charge in [0.1, 0.15) is 0 Å². The van der Waals surface area contributed by atoms with Crippen molar-refractivity contribution in [3.8, 4) is 0 Å². The van der Waals surface area contributed by atoms with Crippen molar-refractivity contribution in [1.82, 2.24) is 0 Å². The van der Waals surface area contributed by atoms with Crippen LogP contribution in [0.2, 0.25) is 0 Å². The third-order valence-electron chi connectivity index (χ3n) is 3.12. The number of benzene rings is 1. The summed E-state index contributed by atoms with van der Waals surface area (Å²) in [5.74, 6) is 0. The van der Waals surface area contributed by atoms with Gasteiger partial charge in [0.15, 0.2) is 0 Å². The van der Waals surface area contributed by atoms with Gasteiger partial charge in [0.25, 0.3) is 0 Å². The molecule has 0 saturated heterocycles. The fourth-order valence-electron chi connectivity index (χ4n) is 2.37. The predicted octanol–water partition coefficient (Wildman–Crippen LogP) is -1.66. The van der Waals surface area contributed by atoms with Crippen LogP contribution in [0.1, 0.15) is 0 Å². The first-order valence-electron chi connectivity index (χ1n) is 5.73. The summed E-state index contributed by atoms with van der Waals surface area (Å²) in [6, 6.07) is 0. The van der Waals surface area contributed by atoms with Crippen LogP contribution in [0.15, 0.2) is 36.5 Å². The topological polar surface area (TPSA) is 0 Å². The highest BCUT2D eigenvalue weighted by molar-refractivity contribution is 5.51. The molecule has 1 aromatic rings. The molecule has 18 heavy (non-hydrogen) atoms. The van der Waals surface area contributed by atoms with E-state index in [0.717, 1.165) is 31.3 Å². The minimum Gasteiger partial charge on any atom is -0.110 e. The fourth-order valence-corrected chi connectivity index (χ4v) is 2.37. The van der Waals surface area contributed by atoms with Crippen molar-refractivity contribution >= 4 is 34.4 Å². The van der Waals surface area contributed by atoms with Gasteiger partial charge in [0.05, 0.1) is 0 Å². The quantitative estimate of drug-likeness (QED) is 0.493. The molecule has 0 saturated carbocycles. The van der Waals surface area contributed by atoms with Crippen LogP contribution >= 0.6 is 0 Å². The lowest BCUT2D eigenvalue weighted by atomic mass is 10.0. The molecule has 0 fully saturated rings. The number of rotatable bonds is 0. The van der Waals surface area contributed by atoms with Gasteiger partial charge in [-0.2, -0.15) is 0 Å². The second-order valence-corrected chi connectivity index (χ2v) is 4.12. The van der Waals surface area contributed by atoms with Crippen LogP contribution < -0.4 is 31.3 Å². The molecule has 0 aromatic heterocycles. The number of hydrogen-bond acceptors (Lipinski definition) is 0. The van der Waals surface area contributed by atoms with E-state index in [9.17, 15) is 0 Å². The Hall–Kier alpha value is -2.88. The van der Waals surface area contributed by atoms with Crippen LogP contribution in [-0.2, 0) is 0 Å². The Bertz CT molecular complexity index is 901. The molecule has 0 atom stereocenters. The van der Waals surface area contributed by atoms with E-state index in [4.69, 9.17) is 0 Å². The van der Waals surface area contributed by atoms with E-state index in [0.29, 0.717) is 0 Å². The number of fused-ring (bicyclic) bond motifs is 6. The Morgan fingerprint density at radius 1 is 0.333 bits per heavy atom. The summed E-state index contributed by atoms with van der Waals surface area (Å²) in [5.41, 5.74) is 19.6. The average molecular weight is 222 g/mol. The lowest BCUT2D eigenvalue weighted by molar-refractivity contribution is 1.31. The van der Waals surface area contributed by atoms with Gasteiger partial charge in [-0.05, 0) is 36.5 Å². The van der Waals surface area contributed by atoms with E-state index in [1.54, 1.807) is 0 Å². The summed E-state index contributed by atoms with van der Waals surface area (Å²) in [6.45, 7) is 0. The maximum Gasteiger partial charge on any atom is 0.0491 e. The van der Waals surface area contributed by atoms with Crippen molar-refractivity contribution in [2.45, 2.75) is 0 Å². The smallest absolute Gasteiger partial charge is 0.0491 e. The second kappa shape index (κ2) is 3.30. The zero-order valence-electron chi connectivity index (χ0n) is 9.46. The van der Waals surface area contributed by atoms with Crippen LogP contribution in [0.3, 0.4) is 0 Å². The van der Waals surface area contributed by atoms with Gasteiger partial charge in [-0.1, -0.05) is 0 Å². The Kier molecular flexibility index (Phi) is 1.69. The molecule has 0 N–H and O–H groups in total. The molecule has 3 aliphatic rings. The van der Waals surface area contributed by atoms with Crippen LogP contribution in [0.4, 0.5) is 0 Å². The summed E-state index contributed by atoms with van der Waals surface area (Å²) in [6.07, 6.45) is 11.3. The van der Waals surface area contributed by atoms with Gasteiger partial charge >= 0.3 is 0 Å².